The molecule has 5 nitrogen and oxygen atoms in total. The van der Waals surface area contributed by atoms with Gasteiger partial charge < -0.3 is 14.6 Å². The van der Waals surface area contributed by atoms with Gasteiger partial charge in [0.05, 0.1) is 5.92 Å². The van der Waals surface area contributed by atoms with Crippen molar-refractivity contribution in [2.45, 2.75) is 31.7 Å². The number of nitrogens with one attached hydrogen (secondary N) is 1. The fourth-order valence-corrected chi connectivity index (χ4v) is 4.13. The fraction of sp³-hybridized carbons (Fsp3) is 0.846. The van der Waals surface area contributed by atoms with Gasteiger partial charge in [-0.05, 0) is 18.9 Å². The van der Waals surface area contributed by atoms with Crippen molar-refractivity contribution in [2.75, 3.05) is 31.3 Å². The molecule has 0 aliphatic carbocycles. The first kappa shape index (κ1) is 13.4. The molecule has 1 N–H and O–H groups in total. The zero-order valence-corrected chi connectivity index (χ0v) is 12.1. The molecule has 1 aromatic rings. The number of thioether (sulfide) groups is 1. The number of ether oxygens (including phenoxy) is 1. The summed E-state index contributed by atoms with van der Waals surface area (Å²) < 4.78 is 10.9. The minimum Gasteiger partial charge on any atom is -0.381 e. The van der Waals surface area contributed by atoms with E-state index in [1.165, 1.54) is 0 Å². The highest BCUT2D eigenvalue weighted by molar-refractivity contribution is 7.99. The van der Waals surface area contributed by atoms with Crippen LogP contribution in [-0.2, 0) is 11.2 Å². The average Bonchev–Trinajstić information content (AvgIpc) is 3.11. The van der Waals surface area contributed by atoms with Crippen LogP contribution in [0.15, 0.2) is 4.52 Å². The molecule has 0 saturated carbocycles. The molecule has 0 bridgehead atoms. The molecule has 2 aliphatic heterocycles. The molecule has 2 fully saturated rings. The van der Waals surface area contributed by atoms with Crippen molar-refractivity contribution in [3.63, 3.8) is 0 Å². The van der Waals surface area contributed by atoms with Crippen molar-refractivity contribution < 1.29 is 9.26 Å². The van der Waals surface area contributed by atoms with Crippen molar-refractivity contribution in [1.29, 1.82) is 0 Å². The van der Waals surface area contributed by atoms with Crippen LogP contribution in [0.5, 0.6) is 0 Å². The third-order valence-corrected chi connectivity index (χ3v) is 5.03. The summed E-state index contributed by atoms with van der Waals surface area (Å²) in [7, 11) is 0. The molecule has 2 aliphatic rings. The molecule has 3 unspecified atom stereocenters. The lowest BCUT2D eigenvalue weighted by atomic mass is 10.0. The molecule has 1 aromatic heterocycles. The molecule has 3 heterocycles. The van der Waals surface area contributed by atoms with Crippen LogP contribution in [0, 0.1) is 5.92 Å². The van der Waals surface area contributed by atoms with Gasteiger partial charge in [-0.1, -0.05) is 12.1 Å². The summed E-state index contributed by atoms with van der Waals surface area (Å²) in [6.45, 7) is 4.84. The molecule has 3 rings (SSSR count). The molecule has 6 heteroatoms. The summed E-state index contributed by atoms with van der Waals surface area (Å²) in [6.07, 6.45) is 2.00. The maximum Gasteiger partial charge on any atom is 0.232 e. The summed E-state index contributed by atoms with van der Waals surface area (Å²) in [4.78, 5) is 4.60. The van der Waals surface area contributed by atoms with Gasteiger partial charge in [0.2, 0.25) is 5.89 Å². The SMILES string of the molecule is CCNC1CSCC1c1nc(CC2CCOC2)no1. The van der Waals surface area contributed by atoms with E-state index in [0.717, 1.165) is 55.8 Å². The van der Waals surface area contributed by atoms with Gasteiger partial charge in [0.15, 0.2) is 5.82 Å². The highest BCUT2D eigenvalue weighted by Gasteiger charge is 2.33. The van der Waals surface area contributed by atoms with Gasteiger partial charge >= 0.3 is 0 Å². The fourth-order valence-electron chi connectivity index (χ4n) is 2.76. The van der Waals surface area contributed by atoms with Gasteiger partial charge in [0, 0.05) is 37.2 Å². The van der Waals surface area contributed by atoms with E-state index < -0.39 is 0 Å². The normalized spacial score (nSPS) is 31.1. The van der Waals surface area contributed by atoms with Gasteiger partial charge in [-0.15, -0.1) is 0 Å². The predicted molar refractivity (Wildman–Crippen MR) is 74.5 cm³/mol. The van der Waals surface area contributed by atoms with Crippen molar-refractivity contribution in [3.8, 4) is 0 Å². The minimum atomic E-state index is 0.367. The van der Waals surface area contributed by atoms with Crippen molar-refractivity contribution >= 4 is 11.8 Å². The van der Waals surface area contributed by atoms with E-state index in [1.807, 2.05) is 11.8 Å². The molecule has 106 valence electrons. The van der Waals surface area contributed by atoms with Crippen LogP contribution < -0.4 is 5.32 Å². The summed E-state index contributed by atoms with van der Waals surface area (Å²) in [5.74, 6) is 4.79. The standard InChI is InChI=1S/C13H21N3O2S/c1-2-14-11-8-19-7-10(11)13-15-12(16-18-13)5-9-3-4-17-6-9/h9-11,14H,2-8H2,1H3. The van der Waals surface area contributed by atoms with Crippen LogP contribution in [0.3, 0.4) is 0 Å². The van der Waals surface area contributed by atoms with Crippen molar-refractivity contribution in [2.24, 2.45) is 5.92 Å². The van der Waals surface area contributed by atoms with Crippen LogP contribution in [0.2, 0.25) is 0 Å². The highest BCUT2D eigenvalue weighted by atomic mass is 32.2. The Morgan fingerprint density at radius 3 is 3.16 bits per heavy atom. The second kappa shape index (κ2) is 6.24. The van der Waals surface area contributed by atoms with E-state index in [4.69, 9.17) is 9.26 Å². The first-order valence-corrected chi connectivity index (χ1v) is 8.23. The van der Waals surface area contributed by atoms with E-state index >= 15 is 0 Å². The lowest BCUT2D eigenvalue weighted by Crippen LogP contribution is -2.34. The van der Waals surface area contributed by atoms with Crippen LogP contribution in [0.1, 0.15) is 31.0 Å². The quantitative estimate of drug-likeness (QED) is 0.883. The largest absolute Gasteiger partial charge is 0.381 e. The molecule has 19 heavy (non-hydrogen) atoms. The topological polar surface area (TPSA) is 60.2 Å². The minimum absolute atomic E-state index is 0.367. The second-order valence-electron chi connectivity index (χ2n) is 5.29. The molecular formula is C13H21N3O2S. The number of hydrogen-bond acceptors (Lipinski definition) is 6. The average molecular weight is 283 g/mol. The lowest BCUT2D eigenvalue weighted by Gasteiger charge is -2.15. The zero-order chi connectivity index (χ0) is 13.1. The Morgan fingerprint density at radius 2 is 2.37 bits per heavy atom. The number of rotatable bonds is 5. The van der Waals surface area contributed by atoms with Gasteiger partial charge in [-0.3, -0.25) is 0 Å². The molecular weight excluding hydrogens is 262 g/mol. The first-order valence-electron chi connectivity index (χ1n) is 7.08. The third-order valence-electron chi connectivity index (χ3n) is 3.84. The Labute approximate surface area is 117 Å². The Morgan fingerprint density at radius 1 is 1.42 bits per heavy atom. The van der Waals surface area contributed by atoms with Gasteiger partial charge in [0.25, 0.3) is 0 Å². The number of likely N-dealkylation sites (N-methyl/N-ethyl adjacent to an activating group) is 1. The molecule has 0 radical (unpaired) electrons. The number of hydrogen-bond donors (Lipinski definition) is 1. The molecule has 3 atom stereocenters. The number of aromatic nitrogens is 2. The molecule has 2 saturated heterocycles. The van der Waals surface area contributed by atoms with Crippen molar-refractivity contribution in [3.05, 3.63) is 11.7 Å². The maximum absolute atomic E-state index is 5.48. The van der Waals surface area contributed by atoms with E-state index in [-0.39, 0.29) is 0 Å². The van der Waals surface area contributed by atoms with Gasteiger partial charge in [-0.25, -0.2) is 0 Å². The van der Waals surface area contributed by atoms with Gasteiger partial charge in [0.1, 0.15) is 0 Å². The Balaban J connectivity index is 1.63. The smallest absolute Gasteiger partial charge is 0.232 e. The van der Waals surface area contributed by atoms with Gasteiger partial charge in [-0.2, -0.15) is 16.7 Å². The summed E-state index contributed by atoms with van der Waals surface area (Å²) in [5, 5.41) is 7.65. The lowest BCUT2D eigenvalue weighted by molar-refractivity contribution is 0.185. The highest BCUT2D eigenvalue weighted by Crippen LogP contribution is 2.32. The van der Waals surface area contributed by atoms with Crippen LogP contribution >= 0.6 is 11.8 Å². The summed E-state index contributed by atoms with van der Waals surface area (Å²) in [6, 6.07) is 0.470. The van der Waals surface area contributed by atoms with Crippen LogP contribution in [0.4, 0.5) is 0 Å². The molecule has 0 aromatic carbocycles. The zero-order valence-electron chi connectivity index (χ0n) is 11.3. The monoisotopic (exact) mass is 283 g/mol. The van der Waals surface area contributed by atoms with Crippen LogP contribution in [-0.4, -0.2) is 47.4 Å². The van der Waals surface area contributed by atoms with E-state index in [9.17, 15) is 0 Å². The van der Waals surface area contributed by atoms with Crippen LogP contribution in [0.25, 0.3) is 0 Å². The molecule has 0 amide bonds. The first-order chi connectivity index (χ1) is 9.36. The second-order valence-corrected chi connectivity index (χ2v) is 6.37. The molecule has 0 spiro atoms. The van der Waals surface area contributed by atoms with Crippen molar-refractivity contribution in [1.82, 2.24) is 15.5 Å². The number of nitrogens with zero attached hydrogens (tertiary/aromatic N) is 2. The summed E-state index contributed by atoms with van der Waals surface area (Å²) in [5.41, 5.74) is 0. The van der Waals surface area contributed by atoms with E-state index in [1.54, 1.807) is 0 Å². The Bertz CT molecular complexity index is 406. The maximum atomic E-state index is 5.48. The Hall–Kier alpha value is -0.590. The van der Waals surface area contributed by atoms with E-state index in [0.29, 0.717) is 17.9 Å². The predicted octanol–water partition coefficient (Wildman–Crippen LogP) is 1.46. The van der Waals surface area contributed by atoms with E-state index in [2.05, 4.69) is 22.4 Å². The Kier molecular flexibility index (Phi) is 4.40. The third kappa shape index (κ3) is 3.12. The summed E-state index contributed by atoms with van der Waals surface area (Å²) >= 11 is 1.96.